The maximum atomic E-state index is 13.3. The van der Waals surface area contributed by atoms with Crippen molar-refractivity contribution in [3.8, 4) is 0 Å². The summed E-state index contributed by atoms with van der Waals surface area (Å²) < 4.78 is 53.4. The number of nitrogens with zero attached hydrogens (tertiary/aromatic N) is 4. The van der Waals surface area contributed by atoms with Crippen LogP contribution < -0.4 is 0 Å². The highest BCUT2D eigenvalue weighted by Crippen LogP contribution is 2.36. The maximum absolute atomic E-state index is 13.3. The third kappa shape index (κ3) is 4.72. The Hall–Kier alpha value is -2.13. The zero-order chi connectivity index (χ0) is 21.3. The average molecular weight is 433 g/mol. The molecule has 0 radical (unpaired) electrons. The molecule has 1 aliphatic rings. The summed E-state index contributed by atoms with van der Waals surface area (Å²) in [4.78, 5) is 16.5. The Kier molecular flexibility index (Phi) is 6.19. The summed E-state index contributed by atoms with van der Waals surface area (Å²) in [5, 5.41) is 3.05. The molecule has 2 aromatic rings. The highest BCUT2D eigenvalue weighted by atomic mass is 35.5. The van der Waals surface area contributed by atoms with E-state index in [0.717, 1.165) is 10.2 Å². The Morgan fingerprint density at radius 1 is 1.24 bits per heavy atom. The van der Waals surface area contributed by atoms with E-state index < -0.39 is 22.9 Å². The predicted molar refractivity (Wildman–Crippen MR) is 99.9 cm³/mol. The Labute approximate surface area is 170 Å². The van der Waals surface area contributed by atoms with Crippen molar-refractivity contribution in [2.24, 2.45) is 0 Å². The van der Waals surface area contributed by atoms with E-state index in [2.05, 4.69) is 10.00 Å². The van der Waals surface area contributed by atoms with Gasteiger partial charge in [-0.1, -0.05) is 23.7 Å². The van der Waals surface area contributed by atoms with Gasteiger partial charge in [0.05, 0.1) is 10.7 Å². The Balaban J connectivity index is 1.63. The van der Waals surface area contributed by atoms with E-state index in [1.807, 2.05) is 6.07 Å². The third-order valence-electron chi connectivity index (χ3n) is 5.05. The van der Waals surface area contributed by atoms with Gasteiger partial charge in [0.25, 0.3) is 0 Å². The molecule has 1 atom stereocenters. The van der Waals surface area contributed by atoms with Gasteiger partial charge in [-0.2, -0.15) is 18.3 Å². The van der Waals surface area contributed by atoms with Crippen molar-refractivity contribution in [3.63, 3.8) is 0 Å². The first kappa shape index (κ1) is 21.6. The van der Waals surface area contributed by atoms with Crippen molar-refractivity contribution < 1.29 is 22.4 Å². The van der Waals surface area contributed by atoms with Gasteiger partial charge in [-0.05, 0) is 31.5 Å². The van der Waals surface area contributed by atoms with Crippen molar-refractivity contribution in [2.75, 3.05) is 26.2 Å². The number of benzene rings is 1. The molecule has 3 rings (SSSR count). The van der Waals surface area contributed by atoms with Crippen LogP contribution in [0.2, 0.25) is 5.02 Å². The first-order valence-electron chi connectivity index (χ1n) is 9.15. The molecule has 0 bridgehead atoms. The number of piperazine rings is 1. The molecule has 1 aromatic carbocycles. The summed E-state index contributed by atoms with van der Waals surface area (Å²) in [7, 11) is 0. The van der Waals surface area contributed by atoms with Crippen molar-refractivity contribution >= 4 is 17.5 Å². The number of hydrogen-bond acceptors (Lipinski definition) is 3. The Bertz CT molecular complexity index is 891. The maximum Gasteiger partial charge on any atom is 0.436 e. The van der Waals surface area contributed by atoms with Gasteiger partial charge in [-0.25, -0.2) is 4.39 Å². The van der Waals surface area contributed by atoms with Crippen LogP contribution in [0.15, 0.2) is 24.3 Å². The second-order valence-corrected chi connectivity index (χ2v) is 7.48. The molecule has 1 amide bonds. The Morgan fingerprint density at radius 2 is 1.90 bits per heavy atom. The summed E-state index contributed by atoms with van der Waals surface area (Å²) in [6.07, 6.45) is -4.68. The molecule has 1 saturated heterocycles. The molecule has 1 fully saturated rings. The summed E-state index contributed by atoms with van der Waals surface area (Å²) in [5.74, 6) is -0.608. The fraction of sp³-hybridized carbons (Fsp3) is 0.474. The van der Waals surface area contributed by atoms with Crippen molar-refractivity contribution in [2.45, 2.75) is 32.6 Å². The summed E-state index contributed by atoms with van der Waals surface area (Å²) >= 11 is 5.78. The van der Waals surface area contributed by atoms with Crippen LogP contribution >= 0.6 is 11.6 Å². The third-order valence-corrected chi connectivity index (χ3v) is 5.50. The largest absolute Gasteiger partial charge is 0.436 e. The van der Waals surface area contributed by atoms with E-state index >= 15 is 0 Å². The lowest BCUT2D eigenvalue weighted by Gasteiger charge is -2.36. The van der Waals surface area contributed by atoms with Gasteiger partial charge >= 0.3 is 6.18 Å². The zero-order valence-electron chi connectivity index (χ0n) is 16.0. The first-order chi connectivity index (χ1) is 13.6. The number of halogens is 5. The lowest BCUT2D eigenvalue weighted by Crippen LogP contribution is -2.50. The number of rotatable bonds is 4. The van der Waals surface area contributed by atoms with E-state index in [1.165, 1.54) is 26.0 Å². The van der Waals surface area contributed by atoms with E-state index in [-0.39, 0.29) is 17.4 Å². The van der Waals surface area contributed by atoms with Gasteiger partial charge in [-0.15, -0.1) is 0 Å². The molecule has 1 unspecified atom stereocenters. The zero-order valence-corrected chi connectivity index (χ0v) is 16.8. The molecule has 5 nitrogen and oxygen atoms in total. The average Bonchev–Trinajstić information content (AvgIpc) is 2.96. The van der Waals surface area contributed by atoms with Crippen molar-refractivity contribution in [1.29, 1.82) is 0 Å². The number of carbonyl (C=O) groups excluding carboxylic acids is 1. The van der Waals surface area contributed by atoms with Crippen molar-refractivity contribution in [3.05, 3.63) is 52.1 Å². The van der Waals surface area contributed by atoms with E-state index in [0.29, 0.717) is 32.7 Å². The minimum atomic E-state index is -4.68. The van der Waals surface area contributed by atoms with Gasteiger partial charge in [0.1, 0.15) is 11.9 Å². The molecule has 0 aliphatic carbocycles. The van der Waals surface area contributed by atoms with E-state index in [4.69, 9.17) is 11.6 Å². The molecule has 29 heavy (non-hydrogen) atoms. The lowest BCUT2D eigenvalue weighted by molar-refractivity contribution is -0.142. The van der Waals surface area contributed by atoms with E-state index in [9.17, 15) is 22.4 Å². The molecule has 2 heterocycles. The van der Waals surface area contributed by atoms with Gasteiger partial charge in [0.15, 0.2) is 5.69 Å². The number of amides is 1. The van der Waals surface area contributed by atoms with Crippen LogP contribution in [0.3, 0.4) is 0 Å². The first-order valence-corrected chi connectivity index (χ1v) is 9.53. The van der Waals surface area contributed by atoms with Crippen LogP contribution in [0.1, 0.15) is 29.9 Å². The number of alkyl halides is 3. The van der Waals surface area contributed by atoms with Crippen LogP contribution in [0.5, 0.6) is 0 Å². The minimum absolute atomic E-state index is 0.101. The number of aromatic nitrogens is 2. The van der Waals surface area contributed by atoms with Crippen LogP contribution in [0.4, 0.5) is 17.6 Å². The van der Waals surface area contributed by atoms with Crippen LogP contribution in [-0.4, -0.2) is 51.7 Å². The quantitative estimate of drug-likeness (QED) is 0.688. The fourth-order valence-electron chi connectivity index (χ4n) is 3.45. The minimum Gasteiger partial charge on any atom is -0.338 e. The highest BCUT2D eigenvalue weighted by Gasteiger charge is 2.39. The second-order valence-electron chi connectivity index (χ2n) is 7.10. The van der Waals surface area contributed by atoms with Gasteiger partial charge in [-0.3, -0.25) is 14.4 Å². The highest BCUT2D eigenvalue weighted by molar-refractivity contribution is 6.32. The smallest absolute Gasteiger partial charge is 0.338 e. The molecule has 1 aliphatic heterocycles. The molecular formula is C19H21ClF4N4O. The molecule has 0 saturated carbocycles. The normalized spacial score (nSPS) is 16.9. The van der Waals surface area contributed by atoms with Gasteiger partial charge in [0, 0.05) is 32.7 Å². The van der Waals surface area contributed by atoms with Crippen LogP contribution in [0.25, 0.3) is 0 Å². The molecule has 0 spiro atoms. The molecular weight excluding hydrogens is 412 g/mol. The second kappa shape index (κ2) is 8.31. The topological polar surface area (TPSA) is 41.4 Å². The summed E-state index contributed by atoms with van der Waals surface area (Å²) in [5.41, 5.74) is -0.236. The monoisotopic (exact) mass is 432 g/mol. The van der Waals surface area contributed by atoms with Crippen LogP contribution in [0, 0.1) is 12.7 Å². The number of hydrogen-bond donors (Lipinski definition) is 0. The SMILES string of the molecule is Cc1c(Cl)c(C(F)(F)F)nn1C(C)C(=O)N1CCN(Cc2cccc(F)c2)CC1. The van der Waals surface area contributed by atoms with Crippen molar-refractivity contribution in [1.82, 2.24) is 19.6 Å². The van der Waals surface area contributed by atoms with Gasteiger partial charge < -0.3 is 4.90 Å². The van der Waals surface area contributed by atoms with Gasteiger partial charge in [0.2, 0.25) is 5.91 Å². The fourth-order valence-corrected chi connectivity index (χ4v) is 3.68. The number of carbonyl (C=O) groups is 1. The van der Waals surface area contributed by atoms with E-state index in [1.54, 1.807) is 11.0 Å². The molecule has 1 aromatic heterocycles. The lowest BCUT2D eigenvalue weighted by atomic mass is 10.2. The molecule has 10 heteroatoms. The summed E-state index contributed by atoms with van der Waals surface area (Å²) in [6, 6.07) is 5.44. The molecule has 158 valence electrons. The summed E-state index contributed by atoms with van der Waals surface area (Å²) in [6.45, 7) is 5.52. The standard InChI is InChI=1S/C19H21ClF4N4O/c1-12-16(20)17(19(22,23)24)25-28(12)13(2)18(29)27-8-6-26(7-9-27)11-14-4-3-5-15(21)10-14/h3-5,10,13H,6-9,11H2,1-2H3. The predicted octanol–water partition coefficient (Wildman–Crippen LogP) is 3.91. The Morgan fingerprint density at radius 3 is 2.45 bits per heavy atom. The van der Waals surface area contributed by atoms with Crippen LogP contribution in [-0.2, 0) is 17.5 Å². The molecule has 0 N–H and O–H groups in total.